The number of carbonyl (C=O) groups excluding carboxylic acids is 2. The van der Waals surface area contributed by atoms with Gasteiger partial charge in [-0.25, -0.2) is 9.59 Å². The molecule has 1 unspecified atom stereocenters. The molecule has 0 saturated carbocycles. The Hall–Kier alpha value is -3.43. The zero-order valence-electron chi connectivity index (χ0n) is 18.7. The maximum Gasteiger partial charge on any atom is 0.407 e. The third kappa shape index (κ3) is 4.76. The maximum absolute atomic E-state index is 12.9. The molecular formula is C25H28N2O7. The molecule has 0 radical (unpaired) electrons. The monoisotopic (exact) mass is 468 g/mol. The smallest absolute Gasteiger partial charge is 0.407 e. The second-order valence-electron chi connectivity index (χ2n) is 8.66. The van der Waals surface area contributed by atoms with Gasteiger partial charge in [-0.2, -0.15) is 0 Å². The van der Waals surface area contributed by atoms with Crippen molar-refractivity contribution in [3.63, 3.8) is 0 Å². The Morgan fingerprint density at radius 2 is 1.74 bits per heavy atom. The molecule has 4 N–H and O–H groups in total. The minimum Gasteiger partial charge on any atom is -0.480 e. The number of aliphatic hydroxyl groups excluding tert-OH is 1. The van der Waals surface area contributed by atoms with Crippen LogP contribution in [0.5, 0.6) is 0 Å². The van der Waals surface area contributed by atoms with E-state index in [2.05, 4.69) is 22.8 Å². The van der Waals surface area contributed by atoms with Crippen LogP contribution in [0.3, 0.4) is 0 Å². The summed E-state index contributed by atoms with van der Waals surface area (Å²) in [5.74, 6) is -2.02. The highest BCUT2D eigenvalue weighted by molar-refractivity contribution is 5.88. The zero-order valence-corrected chi connectivity index (χ0v) is 18.7. The van der Waals surface area contributed by atoms with Gasteiger partial charge in [0, 0.05) is 19.1 Å². The molecule has 1 aliphatic heterocycles. The number of fused-ring (bicyclic) bond motifs is 3. The Morgan fingerprint density at radius 3 is 2.29 bits per heavy atom. The van der Waals surface area contributed by atoms with Gasteiger partial charge in [-0.05, 0) is 35.1 Å². The summed E-state index contributed by atoms with van der Waals surface area (Å²) in [6, 6.07) is 14.6. The standard InChI is InChI=1S/C25H28N2O7/c28-12-21(22(29)30)27-23(31)25(10-5-11-33-15-25)14-26-24(32)34-13-20-18-8-3-1-6-16(18)17-7-2-4-9-19(17)20/h1-4,6-9,20-21,28H,5,10-15H2,(H,26,32)(H,27,31)(H,29,30)/t21-,25?/m1/s1. The molecular weight excluding hydrogens is 440 g/mol. The second-order valence-corrected chi connectivity index (χ2v) is 8.66. The highest BCUT2D eigenvalue weighted by atomic mass is 16.5. The third-order valence-electron chi connectivity index (χ3n) is 6.50. The molecule has 1 saturated heterocycles. The summed E-state index contributed by atoms with van der Waals surface area (Å²) >= 11 is 0. The van der Waals surface area contributed by atoms with Crippen LogP contribution in [0.2, 0.25) is 0 Å². The van der Waals surface area contributed by atoms with Crippen LogP contribution in [0.15, 0.2) is 48.5 Å². The molecule has 2 aliphatic rings. The van der Waals surface area contributed by atoms with Crippen molar-refractivity contribution in [2.75, 3.05) is 33.0 Å². The maximum atomic E-state index is 12.9. The van der Waals surface area contributed by atoms with E-state index >= 15 is 0 Å². The highest BCUT2D eigenvalue weighted by Gasteiger charge is 2.42. The number of alkyl carbamates (subject to hydrolysis) is 1. The molecule has 1 heterocycles. The minimum absolute atomic E-state index is 0.0280. The van der Waals surface area contributed by atoms with Crippen LogP contribution >= 0.6 is 0 Å². The summed E-state index contributed by atoms with van der Waals surface area (Å²) in [5.41, 5.74) is 3.29. The molecule has 1 aliphatic carbocycles. The second kappa shape index (κ2) is 10.2. The number of carboxylic acid groups (broad SMARTS) is 1. The van der Waals surface area contributed by atoms with Crippen LogP contribution in [0.4, 0.5) is 4.79 Å². The van der Waals surface area contributed by atoms with E-state index in [0.717, 1.165) is 22.3 Å². The molecule has 2 atom stereocenters. The molecule has 0 spiro atoms. The Kier molecular flexibility index (Phi) is 7.14. The average Bonchev–Trinajstić information content (AvgIpc) is 3.18. The van der Waals surface area contributed by atoms with E-state index in [4.69, 9.17) is 14.6 Å². The summed E-state index contributed by atoms with van der Waals surface area (Å²) in [5, 5.41) is 23.4. The van der Waals surface area contributed by atoms with Crippen LogP contribution in [-0.2, 0) is 19.1 Å². The van der Waals surface area contributed by atoms with E-state index in [1.807, 2.05) is 36.4 Å². The Labute approximate surface area is 197 Å². The lowest BCUT2D eigenvalue weighted by molar-refractivity contribution is -0.148. The lowest BCUT2D eigenvalue weighted by atomic mass is 9.81. The fourth-order valence-corrected chi connectivity index (χ4v) is 4.64. The molecule has 4 rings (SSSR count). The topological polar surface area (TPSA) is 134 Å². The molecule has 9 heteroatoms. The first-order valence-electron chi connectivity index (χ1n) is 11.3. The highest BCUT2D eigenvalue weighted by Crippen LogP contribution is 2.44. The number of aliphatic hydroxyl groups is 1. The van der Waals surface area contributed by atoms with Crippen molar-refractivity contribution >= 4 is 18.0 Å². The first-order valence-corrected chi connectivity index (χ1v) is 11.3. The number of rotatable bonds is 8. The quantitative estimate of drug-likeness (QED) is 0.465. The van der Waals surface area contributed by atoms with Crippen molar-refractivity contribution in [1.82, 2.24) is 10.6 Å². The van der Waals surface area contributed by atoms with Gasteiger partial charge in [0.05, 0.1) is 18.6 Å². The number of carboxylic acids is 1. The molecule has 2 aromatic carbocycles. The third-order valence-corrected chi connectivity index (χ3v) is 6.50. The summed E-state index contributed by atoms with van der Waals surface area (Å²) < 4.78 is 11.0. The fraction of sp³-hybridized carbons (Fsp3) is 0.400. The predicted octanol–water partition coefficient (Wildman–Crippen LogP) is 1.88. The van der Waals surface area contributed by atoms with Gasteiger partial charge in [0.1, 0.15) is 12.6 Å². The molecule has 1 fully saturated rings. The molecule has 180 valence electrons. The van der Waals surface area contributed by atoms with Crippen LogP contribution in [0.1, 0.15) is 29.9 Å². The Balaban J connectivity index is 1.39. The van der Waals surface area contributed by atoms with E-state index in [1.54, 1.807) is 0 Å². The summed E-state index contributed by atoms with van der Waals surface area (Å²) in [7, 11) is 0. The predicted molar refractivity (Wildman–Crippen MR) is 122 cm³/mol. The van der Waals surface area contributed by atoms with Gasteiger partial charge in [0.25, 0.3) is 0 Å². The van der Waals surface area contributed by atoms with Crippen molar-refractivity contribution in [2.45, 2.75) is 24.8 Å². The van der Waals surface area contributed by atoms with Gasteiger partial charge in [0.15, 0.2) is 0 Å². The summed E-state index contributed by atoms with van der Waals surface area (Å²) in [6.07, 6.45) is 0.313. The molecule has 0 bridgehead atoms. The van der Waals surface area contributed by atoms with E-state index in [0.29, 0.717) is 19.4 Å². The fourth-order valence-electron chi connectivity index (χ4n) is 4.64. The first-order chi connectivity index (χ1) is 16.4. The number of amides is 2. The summed E-state index contributed by atoms with van der Waals surface area (Å²) in [4.78, 5) is 36.7. The van der Waals surface area contributed by atoms with Gasteiger partial charge in [-0.3, -0.25) is 4.79 Å². The number of ether oxygens (including phenoxy) is 2. The summed E-state index contributed by atoms with van der Waals surface area (Å²) in [6.45, 7) is -0.172. The van der Waals surface area contributed by atoms with Crippen LogP contribution in [-0.4, -0.2) is 67.2 Å². The minimum atomic E-state index is -1.43. The lowest BCUT2D eigenvalue weighted by Crippen LogP contribution is -2.56. The number of aliphatic carboxylic acids is 1. The number of nitrogens with one attached hydrogen (secondary N) is 2. The van der Waals surface area contributed by atoms with Crippen LogP contribution in [0.25, 0.3) is 11.1 Å². The van der Waals surface area contributed by atoms with Gasteiger partial charge in [-0.15, -0.1) is 0 Å². The molecule has 2 amide bonds. The Morgan fingerprint density at radius 1 is 1.09 bits per heavy atom. The normalized spacial score (nSPS) is 20.0. The van der Waals surface area contributed by atoms with E-state index in [-0.39, 0.29) is 25.7 Å². The van der Waals surface area contributed by atoms with Crippen molar-refractivity contribution in [2.24, 2.45) is 5.41 Å². The van der Waals surface area contributed by atoms with Crippen molar-refractivity contribution in [3.8, 4) is 11.1 Å². The van der Waals surface area contributed by atoms with Gasteiger partial charge in [0.2, 0.25) is 5.91 Å². The molecule has 0 aromatic heterocycles. The molecule has 9 nitrogen and oxygen atoms in total. The van der Waals surface area contributed by atoms with Crippen molar-refractivity contribution < 1.29 is 34.1 Å². The van der Waals surface area contributed by atoms with Gasteiger partial charge in [-0.1, -0.05) is 48.5 Å². The van der Waals surface area contributed by atoms with E-state index in [9.17, 15) is 19.5 Å². The number of carbonyl (C=O) groups is 3. The number of hydrogen-bond donors (Lipinski definition) is 4. The lowest BCUT2D eigenvalue weighted by Gasteiger charge is -2.36. The number of benzene rings is 2. The zero-order chi connectivity index (χ0) is 24.1. The van der Waals surface area contributed by atoms with Crippen molar-refractivity contribution in [1.29, 1.82) is 0 Å². The molecule has 34 heavy (non-hydrogen) atoms. The van der Waals surface area contributed by atoms with E-state index in [1.165, 1.54) is 0 Å². The van der Waals surface area contributed by atoms with Gasteiger partial charge < -0.3 is 30.3 Å². The number of hydrogen-bond acceptors (Lipinski definition) is 6. The SMILES string of the molecule is O=C(NCC1(C(=O)N[C@H](CO)C(=O)O)CCCOC1)OCC1c2ccccc2-c2ccccc21. The Bertz CT molecular complexity index is 1020. The van der Waals surface area contributed by atoms with Crippen LogP contribution < -0.4 is 10.6 Å². The molecule has 2 aromatic rings. The largest absolute Gasteiger partial charge is 0.480 e. The first kappa shape index (κ1) is 23.7. The van der Waals surface area contributed by atoms with E-state index < -0.39 is 36.0 Å². The van der Waals surface area contributed by atoms with Gasteiger partial charge >= 0.3 is 12.1 Å². The van der Waals surface area contributed by atoms with Crippen molar-refractivity contribution in [3.05, 3.63) is 59.7 Å². The average molecular weight is 469 g/mol. The van der Waals surface area contributed by atoms with Crippen LogP contribution in [0, 0.1) is 5.41 Å².